The van der Waals surface area contributed by atoms with E-state index in [9.17, 15) is 25.5 Å². The second-order valence-corrected chi connectivity index (χ2v) is 6.16. The third-order valence-corrected chi connectivity index (χ3v) is 4.39. The number of ether oxygens (including phenoxy) is 4. The second kappa shape index (κ2) is 9.62. The maximum atomic E-state index is 10.3. The molecule has 0 aromatic heterocycles. The number of benzene rings is 1. The SMILES string of the molecule is COc1ccc([C@H](O)[C@H](O)CO[C@@H]2O[C@H](CO)[C@@H](O)[C@H](O)[C@H]2O)cc1OC. The summed E-state index contributed by atoms with van der Waals surface area (Å²) >= 11 is 0. The van der Waals surface area contributed by atoms with Crippen LogP contribution in [0.25, 0.3) is 0 Å². The highest BCUT2D eigenvalue weighted by Crippen LogP contribution is 2.31. The van der Waals surface area contributed by atoms with E-state index in [0.29, 0.717) is 17.1 Å². The van der Waals surface area contributed by atoms with E-state index >= 15 is 0 Å². The Bertz CT molecular complexity index is 595. The fourth-order valence-corrected chi connectivity index (χ4v) is 2.75. The van der Waals surface area contributed by atoms with Crippen LogP contribution in [0.4, 0.5) is 0 Å². The van der Waals surface area contributed by atoms with Crippen LogP contribution in [0, 0.1) is 0 Å². The zero-order chi connectivity index (χ0) is 20.1. The number of aliphatic hydroxyl groups excluding tert-OH is 6. The summed E-state index contributed by atoms with van der Waals surface area (Å²) in [5.41, 5.74) is 0.345. The summed E-state index contributed by atoms with van der Waals surface area (Å²) in [5, 5.41) is 59.0. The third-order valence-electron chi connectivity index (χ3n) is 4.39. The number of hydrogen-bond donors (Lipinski definition) is 6. The molecule has 1 fully saturated rings. The summed E-state index contributed by atoms with van der Waals surface area (Å²) < 4.78 is 20.7. The Balaban J connectivity index is 1.99. The van der Waals surface area contributed by atoms with Gasteiger partial charge >= 0.3 is 0 Å². The molecule has 10 nitrogen and oxygen atoms in total. The molecule has 7 atom stereocenters. The van der Waals surface area contributed by atoms with Gasteiger partial charge in [-0.1, -0.05) is 6.07 Å². The van der Waals surface area contributed by atoms with Crippen LogP contribution in [0.2, 0.25) is 0 Å². The molecule has 0 amide bonds. The minimum atomic E-state index is -1.59. The Kier molecular flexibility index (Phi) is 7.77. The van der Waals surface area contributed by atoms with Crippen molar-refractivity contribution in [1.29, 1.82) is 0 Å². The molecule has 0 spiro atoms. The van der Waals surface area contributed by atoms with Gasteiger partial charge in [0.15, 0.2) is 17.8 Å². The topological polar surface area (TPSA) is 158 Å². The van der Waals surface area contributed by atoms with Crippen molar-refractivity contribution in [2.45, 2.75) is 42.9 Å². The van der Waals surface area contributed by atoms with Gasteiger partial charge in [-0.05, 0) is 17.7 Å². The van der Waals surface area contributed by atoms with E-state index in [2.05, 4.69) is 0 Å². The lowest BCUT2D eigenvalue weighted by atomic mass is 9.99. The van der Waals surface area contributed by atoms with Crippen LogP contribution in [0.1, 0.15) is 11.7 Å². The van der Waals surface area contributed by atoms with Gasteiger partial charge in [0, 0.05) is 0 Å². The van der Waals surface area contributed by atoms with Gasteiger partial charge in [0.2, 0.25) is 0 Å². The van der Waals surface area contributed by atoms with Crippen molar-refractivity contribution in [2.24, 2.45) is 0 Å². The molecule has 10 heteroatoms. The zero-order valence-corrected chi connectivity index (χ0v) is 15.0. The predicted octanol–water partition coefficient (Wildman–Crippen LogP) is -2.09. The van der Waals surface area contributed by atoms with Gasteiger partial charge in [0.1, 0.15) is 36.6 Å². The first-order chi connectivity index (χ1) is 12.8. The molecular formula is C17H26O10. The maximum Gasteiger partial charge on any atom is 0.186 e. The van der Waals surface area contributed by atoms with Gasteiger partial charge in [-0.25, -0.2) is 0 Å². The fraction of sp³-hybridized carbons (Fsp3) is 0.647. The average Bonchev–Trinajstić information content (AvgIpc) is 2.70. The van der Waals surface area contributed by atoms with E-state index in [4.69, 9.17) is 24.1 Å². The quantitative estimate of drug-likeness (QED) is 0.291. The van der Waals surface area contributed by atoms with Gasteiger partial charge in [0.25, 0.3) is 0 Å². The first-order valence-electron chi connectivity index (χ1n) is 8.34. The molecule has 1 aromatic rings. The summed E-state index contributed by atoms with van der Waals surface area (Å²) in [6, 6.07) is 4.62. The molecule has 1 aromatic carbocycles. The number of rotatable bonds is 8. The van der Waals surface area contributed by atoms with Gasteiger partial charge in [0.05, 0.1) is 27.4 Å². The lowest BCUT2D eigenvalue weighted by Crippen LogP contribution is -2.59. The number of methoxy groups -OCH3 is 2. The zero-order valence-electron chi connectivity index (χ0n) is 15.0. The van der Waals surface area contributed by atoms with Crippen molar-refractivity contribution < 1.29 is 49.6 Å². The molecule has 1 saturated heterocycles. The van der Waals surface area contributed by atoms with Crippen LogP contribution in [0.15, 0.2) is 18.2 Å². The van der Waals surface area contributed by atoms with Crippen molar-refractivity contribution in [3.05, 3.63) is 23.8 Å². The minimum Gasteiger partial charge on any atom is -0.493 e. The smallest absolute Gasteiger partial charge is 0.186 e. The van der Waals surface area contributed by atoms with Gasteiger partial charge in [-0.2, -0.15) is 0 Å². The Morgan fingerprint density at radius 1 is 1.00 bits per heavy atom. The first-order valence-corrected chi connectivity index (χ1v) is 8.34. The molecule has 0 unspecified atom stereocenters. The average molecular weight is 390 g/mol. The molecule has 6 N–H and O–H groups in total. The van der Waals surface area contributed by atoms with Crippen LogP contribution in [0.5, 0.6) is 11.5 Å². The molecular weight excluding hydrogens is 364 g/mol. The van der Waals surface area contributed by atoms with Gasteiger partial charge in [-0.3, -0.25) is 0 Å². The molecule has 0 radical (unpaired) electrons. The highest BCUT2D eigenvalue weighted by molar-refractivity contribution is 5.43. The van der Waals surface area contributed by atoms with Crippen molar-refractivity contribution >= 4 is 0 Å². The van der Waals surface area contributed by atoms with Crippen LogP contribution < -0.4 is 9.47 Å². The van der Waals surface area contributed by atoms with Crippen molar-refractivity contribution in [1.82, 2.24) is 0 Å². The third kappa shape index (κ3) is 4.86. The van der Waals surface area contributed by atoms with Crippen molar-refractivity contribution in [2.75, 3.05) is 27.4 Å². The highest BCUT2D eigenvalue weighted by atomic mass is 16.7. The number of aliphatic hydroxyl groups is 6. The lowest BCUT2D eigenvalue weighted by Gasteiger charge is -2.39. The molecule has 154 valence electrons. The minimum absolute atomic E-state index is 0.345. The Morgan fingerprint density at radius 2 is 1.67 bits per heavy atom. The van der Waals surface area contributed by atoms with Crippen molar-refractivity contribution in [3.8, 4) is 11.5 Å². The Morgan fingerprint density at radius 3 is 2.26 bits per heavy atom. The summed E-state index contributed by atoms with van der Waals surface area (Å²) in [6.45, 7) is -1.04. The fourth-order valence-electron chi connectivity index (χ4n) is 2.75. The van der Waals surface area contributed by atoms with Crippen LogP contribution in [-0.2, 0) is 9.47 Å². The maximum absolute atomic E-state index is 10.3. The molecule has 1 aliphatic heterocycles. The molecule has 0 aliphatic carbocycles. The lowest BCUT2D eigenvalue weighted by molar-refractivity contribution is -0.306. The predicted molar refractivity (Wildman–Crippen MR) is 90.2 cm³/mol. The molecule has 27 heavy (non-hydrogen) atoms. The second-order valence-electron chi connectivity index (χ2n) is 6.16. The largest absolute Gasteiger partial charge is 0.493 e. The summed E-state index contributed by atoms with van der Waals surface area (Å²) in [5.74, 6) is 0.830. The van der Waals surface area contributed by atoms with Crippen LogP contribution in [-0.4, -0.2) is 94.9 Å². The Hall–Kier alpha value is -1.50. The molecule has 2 rings (SSSR count). The standard InChI is InChI=1S/C17H26O10/c1-24-10-4-3-8(5-11(10)25-2)13(20)9(19)7-26-17-16(23)15(22)14(21)12(6-18)27-17/h3-5,9,12-23H,6-7H2,1-2H3/t9-,12-,13+,14-,15+,16-,17-/m1/s1. The molecule has 1 heterocycles. The normalized spacial score (nSPS) is 30.6. The van der Waals surface area contributed by atoms with Crippen LogP contribution in [0.3, 0.4) is 0 Å². The molecule has 0 saturated carbocycles. The van der Waals surface area contributed by atoms with Crippen LogP contribution >= 0.6 is 0 Å². The van der Waals surface area contributed by atoms with E-state index in [-0.39, 0.29) is 0 Å². The van der Waals surface area contributed by atoms with Gasteiger partial charge < -0.3 is 49.6 Å². The molecule has 0 bridgehead atoms. The van der Waals surface area contributed by atoms with E-state index in [1.165, 1.54) is 20.3 Å². The Labute approximate surface area is 156 Å². The first kappa shape index (κ1) is 21.8. The van der Waals surface area contributed by atoms with E-state index < -0.39 is 56.1 Å². The van der Waals surface area contributed by atoms with Gasteiger partial charge in [-0.15, -0.1) is 0 Å². The van der Waals surface area contributed by atoms with E-state index in [1.54, 1.807) is 12.1 Å². The van der Waals surface area contributed by atoms with E-state index in [1.807, 2.05) is 0 Å². The monoisotopic (exact) mass is 390 g/mol. The van der Waals surface area contributed by atoms with Crippen molar-refractivity contribution in [3.63, 3.8) is 0 Å². The molecule has 1 aliphatic rings. The summed E-state index contributed by atoms with van der Waals surface area (Å²) in [7, 11) is 2.91. The summed E-state index contributed by atoms with van der Waals surface area (Å²) in [6.07, 6.45) is -9.94. The van der Waals surface area contributed by atoms with E-state index in [0.717, 1.165) is 0 Å². The number of hydrogen-bond acceptors (Lipinski definition) is 10. The summed E-state index contributed by atoms with van der Waals surface area (Å²) in [4.78, 5) is 0. The highest BCUT2D eigenvalue weighted by Gasteiger charge is 2.44.